The Morgan fingerprint density at radius 3 is 2.68 bits per heavy atom. The second kappa shape index (κ2) is 6.86. The van der Waals surface area contributed by atoms with E-state index in [1.807, 2.05) is 37.3 Å². The summed E-state index contributed by atoms with van der Waals surface area (Å²) in [4.78, 5) is 14.6. The summed E-state index contributed by atoms with van der Waals surface area (Å²) < 4.78 is 16.7. The van der Waals surface area contributed by atoms with Crippen LogP contribution in [-0.4, -0.2) is 44.4 Å². The van der Waals surface area contributed by atoms with Crippen molar-refractivity contribution in [1.82, 2.24) is 4.90 Å². The molecule has 4 rings (SSSR count). The van der Waals surface area contributed by atoms with Crippen molar-refractivity contribution in [1.29, 1.82) is 0 Å². The van der Waals surface area contributed by atoms with Gasteiger partial charge in [-0.1, -0.05) is 17.7 Å². The molecule has 5 heteroatoms. The smallest absolute Gasteiger partial charge is 0.344 e. The van der Waals surface area contributed by atoms with E-state index in [-0.39, 0.29) is 5.63 Å². The molecule has 130 valence electrons. The molecule has 25 heavy (non-hydrogen) atoms. The minimum atomic E-state index is -0.309. The molecule has 0 spiro atoms. The van der Waals surface area contributed by atoms with Crippen LogP contribution < -0.4 is 10.4 Å². The van der Waals surface area contributed by atoms with Crippen molar-refractivity contribution in [3.05, 3.63) is 52.4 Å². The van der Waals surface area contributed by atoms with Crippen LogP contribution in [0.2, 0.25) is 0 Å². The predicted molar refractivity (Wildman–Crippen MR) is 97.5 cm³/mol. The lowest BCUT2D eigenvalue weighted by atomic mass is 10.1. The first-order valence-corrected chi connectivity index (χ1v) is 8.61. The number of ether oxygens (including phenoxy) is 2. The second-order valence-electron chi connectivity index (χ2n) is 6.40. The lowest BCUT2D eigenvalue weighted by Crippen LogP contribution is -2.38. The van der Waals surface area contributed by atoms with Gasteiger partial charge in [0.05, 0.1) is 18.6 Å². The maximum Gasteiger partial charge on any atom is 0.344 e. The average Bonchev–Trinajstić information content (AvgIpc) is 2.63. The number of nitrogens with zero attached hydrogens (tertiary/aromatic N) is 1. The molecule has 1 aliphatic heterocycles. The Morgan fingerprint density at radius 1 is 1.04 bits per heavy atom. The number of benzene rings is 2. The normalized spacial score (nSPS) is 15.7. The maximum atomic E-state index is 12.3. The van der Waals surface area contributed by atoms with Gasteiger partial charge in [0, 0.05) is 31.1 Å². The van der Waals surface area contributed by atoms with Gasteiger partial charge in [0.25, 0.3) is 0 Å². The zero-order valence-electron chi connectivity index (χ0n) is 14.3. The Balaban J connectivity index is 1.56. The molecular formula is C20H21NO4. The molecule has 1 saturated heterocycles. The molecule has 0 unspecified atom stereocenters. The van der Waals surface area contributed by atoms with Gasteiger partial charge in [-0.15, -0.1) is 0 Å². The van der Waals surface area contributed by atoms with Crippen molar-refractivity contribution in [3.63, 3.8) is 0 Å². The van der Waals surface area contributed by atoms with E-state index >= 15 is 0 Å². The first kappa shape index (κ1) is 16.1. The van der Waals surface area contributed by atoms with Gasteiger partial charge in [0.2, 0.25) is 0 Å². The van der Waals surface area contributed by atoms with Crippen LogP contribution in [-0.2, 0) is 4.74 Å². The molecule has 5 nitrogen and oxygen atoms in total. The van der Waals surface area contributed by atoms with Crippen LogP contribution in [0.5, 0.6) is 5.75 Å². The summed E-state index contributed by atoms with van der Waals surface area (Å²) in [6, 6.07) is 11.5. The van der Waals surface area contributed by atoms with Gasteiger partial charge < -0.3 is 13.9 Å². The summed E-state index contributed by atoms with van der Waals surface area (Å²) in [6.45, 7) is 6.89. The summed E-state index contributed by atoms with van der Waals surface area (Å²) in [5.41, 5.74) is 1.30. The van der Waals surface area contributed by atoms with Crippen LogP contribution in [0.1, 0.15) is 5.56 Å². The van der Waals surface area contributed by atoms with Crippen molar-refractivity contribution >= 4 is 21.7 Å². The van der Waals surface area contributed by atoms with Crippen LogP contribution in [0.3, 0.4) is 0 Å². The Kier molecular flexibility index (Phi) is 4.42. The van der Waals surface area contributed by atoms with Crippen LogP contribution in [0.25, 0.3) is 21.7 Å². The molecule has 2 aromatic carbocycles. The van der Waals surface area contributed by atoms with Gasteiger partial charge in [0.15, 0.2) is 0 Å². The Hall–Kier alpha value is -2.37. The van der Waals surface area contributed by atoms with E-state index < -0.39 is 0 Å². The van der Waals surface area contributed by atoms with Gasteiger partial charge >= 0.3 is 5.63 Å². The van der Waals surface area contributed by atoms with E-state index in [2.05, 4.69) is 4.90 Å². The molecule has 0 radical (unpaired) electrons. The minimum absolute atomic E-state index is 0.309. The monoisotopic (exact) mass is 339 g/mol. The fraction of sp³-hybridized carbons (Fsp3) is 0.350. The topological polar surface area (TPSA) is 51.9 Å². The van der Waals surface area contributed by atoms with E-state index in [0.29, 0.717) is 17.6 Å². The molecule has 2 heterocycles. The number of morpholine rings is 1. The average molecular weight is 339 g/mol. The van der Waals surface area contributed by atoms with Crippen LogP contribution in [0.4, 0.5) is 0 Å². The zero-order chi connectivity index (χ0) is 17.2. The van der Waals surface area contributed by atoms with Crippen molar-refractivity contribution < 1.29 is 13.9 Å². The van der Waals surface area contributed by atoms with E-state index in [0.717, 1.165) is 54.9 Å². The summed E-state index contributed by atoms with van der Waals surface area (Å²) in [7, 11) is 0. The Morgan fingerprint density at radius 2 is 1.84 bits per heavy atom. The first-order valence-electron chi connectivity index (χ1n) is 8.61. The summed E-state index contributed by atoms with van der Waals surface area (Å²) in [6.07, 6.45) is 0. The van der Waals surface area contributed by atoms with Crippen molar-refractivity contribution in [3.8, 4) is 5.75 Å². The van der Waals surface area contributed by atoms with E-state index in [9.17, 15) is 4.79 Å². The quantitative estimate of drug-likeness (QED) is 0.540. The third-order valence-corrected chi connectivity index (χ3v) is 4.62. The Bertz CT molecular complexity index is 957. The molecule has 0 N–H and O–H groups in total. The standard InChI is InChI=1S/C20H21NO4/c1-14-2-4-16-17-5-3-15(13-19(17)25-20(22)18(16)12-14)24-11-8-21-6-9-23-10-7-21/h2-5,12-13H,6-11H2,1H3. The molecule has 1 aromatic heterocycles. The predicted octanol–water partition coefficient (Wildman–Crippen LogP) is 2.97. The maximum absolute atomic E-state index is 12.3. The third-order valence-electron chi connectivity index (χ3n) is 4.62. The lowest BCUT2D eigenvalue weighted by molar-refractivity contribution is 0.0322. The highest BCUT2D eigenvalue weighted by molar-refractivity contribution is 6.04. The van der Waals surface area contributed by atoms with Gasteiger partial charge in [-0.05, 0) is 30.5 Å². The fourth-order valence-corrected chi connectivity index (χ4v) is 3.23. The van der Waals surface area contributed by atoms with E-state index in [1.165, 1.54) is 0 Å². The zero-order valence-corrected chi connectivity index (χ0v) is 14.3. The number of fused-ring (bicyclic) bond motifs is 3. The van der Waals surface area contributed by atoms with E-state index in [4.69, 9.17) is 13.9 Å². The van der Waals surface area contributed by atoms with Crippen LogP contribution in [0.15, 0.2) is 45.6 Å². The number of hydrogen-bond donors (Lipinski definition) is 0. The van der Waals surface area contributed by atoms with Crippen LogP contribution in [0, 0.1) is 6.92 Å². The summed E-state index contributed by atoms with van der Waals surface area (Å²) >= 11 is 0. The molecule has 0 bridgehead atoms. The molecule has 1 fully saturated rings. The highest BCUT2D eigenvalue weighted by Crippen LogP contribution is 2.26. The molecule has 0 aliphatic carbocycles. The summed E-state index contributed by atoms with van der Waals surface area (Å²) in [5, 5.41) is 2.46. The van der Waals surface area contributed by atoms with Crippen LogP contribution >= 0.6 is 0 Å². The second-order valence-corrected chi connectivity index (χ2v) is 6.40. The minimum Gasteiger partial charge on any atom is -0.492 e. The number of rotatable bonds is 4. The van der Waals surface area contributed by atoms with Gasteiger partial charge in [-0.25, -0.2) is 4.79 Å². The molecule has 0 amide bonds. The molecule has 1 aliphatic rings. The van der Waals surface area contributed by atoms with Crippen molar-refractivity contribution in [2.75, 3.05) is 39.5 Å². The molecule has 3 aromatic rings. The molecule has 0 saturated carbocycles. The fourth-order valence-electron chi connectivity index (χ4n) is 3.23. The van der Waals surface area contributed by atoms with E-state index in [1.54, 1.807) is 6.07 Å². The highest BCUT2D eigenvalue weighted by Gasteiger charge is 2.11. The molecule has 0 atom stereocenters. The van der Waals surface area contributed by atoms with Crippen molar-refractivity contribution in [2.24, 2.45) is 0 Å². The Labute approximate surface area is 145 Å². The summed E-state index contributed by atoms with van der Waals surface area (Å²) in [5.74, 6) is 0.718. The number of aryl methyl sites for hydroxylation is 1. The van der Waals surface area contributed by atoms with Gasteiger partial charge in [-0.3, -0.25) is 4.90 Å². The van der Waals surface area contributed by atoms with Crippen molar-refractivity contribution in [2.45, 2.75) is 6.92 Å². The highest BCUT2D eigenvalue weighted by atomic mass is 16.5. The first-order chi connectivity index (χ1) is 12.2. The third kappa shape index (κ3) is 3.38. The molecular weight excluding hydrogens is 318 g/mol. The van der Waals surface area contributed by atoms with Gasteiger partial charge in [-0.2, -0.15) is 0 Å². The SMILES string of the molecule is Cc1ccc2c(c1)c(=O)oc1cc(OCCN3CCOCC3)ccc12. The lowest BCUT2D eigenvalue weighted by Gasteiger charge is -2.26. The largest absolute Gasteiger partial charge is 0.492 e. The number of hydrogen-bond acceptors (Lipinski definition) is 5. The van der Waals surface area contributed by atoms with Gasteiger partial charge in [0.1, 0.15) is 17.9 Å².